The molecular formula is C20H20N2O4. The molecule has 0 bridgehead atoms. The van der Waals surface area contributed by atoms with Gasteiger partial charge in [-0.25, -0.2) is 4.79 Å². The number of piperidine rings is 1. The van der Waals surface area contributed by atoms with Crippen molar-refractivity contribution in [3.8, 4) is 0 Å². The van der Waals surface area contributed by atoms with Gasteiger partial charge in [0.2, 0.25) is 11.8 Å². The molecule has 1 unspecified atom stereocenters. The van der Waals surface area contributed by atoms with Gasteiger partial charge in [0.15, 0.2) is 0 Å². The van der Waals surface area contributed by atoms with E-state index in [2.05, 4.69) is 5.32 Å². The lowest BCUT2D eigenvalue weighted by molar-refractivity contribution is -0.128. The van der Waals surface area contributed by atoms with Crippen LogP contribution in [0.3, 0.4) is 0 Å². The maximum absolute atomic E-state index is 12.7. The monoisotopic (exact) mass is 352 g/mol. The average Bonchev–Trinajstić information content (AvgIpc) is 2.64. The van der Waals surface area contributed by atoms with E-state index in [1.165, 1.54) is 12.1 Å². The summed E-state index contributed by atoms with van der Waals surface area (Å²) in [6.45, 7) is 0.635. The Balaban J connectivity index is 1.64. The second-order valence-corrected chi connectivity index (χ2v) is 6.27. The Morgan fingerprint density at radius 1 is 1.12 bits per heavy atom. The normalized spacial score (nSPS) is 17.0. The molecular weight excluding hydrogens is 332 g/mol. The molecule has 3 rings (SSSR count). The standard InChI is InChI=1S/C20H20N2O4/c23-18(13-14-6-4-7-15(12-14)20(25)26)21-17-10-5-11-22(19(17)24)16-8-2-1-3-9-16/h1-4,6-9,12,17H,5,10-11,13H2,(H,21,23)(H,25,26). The molecule has 1 saturated heterocycles. The largest absolute Gasteiger partial charge is 0.478 e. The van der Waals surface area contributed by atoms with Crippen molar-refractivity contribution in [3.05, 3.63) is 65.7 Å². The first-order valence-electron chi connectivity index (χ1n) is 8.52. The van der Waals surface area contributed by atoms with Crippen LogP contribution in [0.1, 0.15) is 28.8 Å². The summed E-state index contributed by atoms with van der Waals surface area (Å²) in [4.78, 5) is 37.7. The maximum atomic E-state index is 12.7. The fraction of sp³-hybridized carbons (Fsp3) is 0.250. The molecule has 6 heteroatoms. The minimum Gasteiger partial charge on any atom is -0.478 e. The number of carbonyl (C=O) groups excluding carboxylic acids is 2. The van der Waals surface area contributed by atoms with E-state index in [1.807, 2.05) is 30.3 Å². The van der Waals surface area contributed by atoms with Gasteiger partial charge in [-0.05, 0) is 42.7 Å². The Hall–Kier alpha value is -3.15. The van der Waals surface area contributed by atoms with Gasteiger partial charge in [-0.3, -0.25) is 9.59 Å². The van der Waals surface area contributed by atoms with E-state index >= 15 is 0 Å². The van der Waals surface area contributed by atoms with Crippen molar-refractivity contribution >= 4 is 23.5 Å². The number of amides is 2. The van der Waals surface area contributed by atoms with Crippen LogP contribution in [-0.2, 0) is 16.0 Å². The van der Waals surface area contributed by atoms with Crippen molar-refractivity contribution in [1.82, 2.24) is 5.32 Å². The lowest BCUT2D eigenvalue weighted by Gasteiger charge is -2.32. The number of aromatic carboxylic acids is 1. The lowest BCUT2D eigenvalue weighted by Crippen LogP contribution is -2.52. The molecule has 0 radical (unpaired) electrons. The fourth-order valence-corrected chi connectivity index (χ4v) is 3.12. The first kappa shape index (κ1) is 17.7. The molecule has 1 fully saturated rings. The van der Waals surface area contributed by atoms with Crippen LogP contribution in [0, 0.1) is 0 Å². The molecule has 1 aliphatic rings. The van der Waals surface area contributed by atoms with E-state index in [1.54, 1.807) is 17.0 Å². The van der Waals surface area contributed by atoms with Crippen molar-refractivity contribution in [1.29, 1.82) is 0 Å². The molecule has 0 aromatic heterocycles. The molecule has 0 aliphatic carbocycles. The summed E-state index contributed by atoms with van der Waals surface area (Å²) in [6, 6.07) is 15.1. The van der Waals surface area contributed by atoms with Crippen LogP contribution in [0.15, 0.2) is 54.6 Å². The Kier molecular flexibility index (Phi) is 5.31. The van der Waals surface area contributed by atoms with Crippen LogP contribution >= 0.6 is 0 Å². The predicted molar refractivity (Wildman–Crippen MR) is 97.1 cm³/mol. The van der Waals surface area contributed by atoms with Crippen molar-refractivity contribution in [3.63, 3.8) is 0 Å². The highest BCUT2D eigenvalue weighted by atomic mass is 16.4. The van der Waals surface area contributed by atoms with Gasteiger partial charge in [-0.1, -0.05) is 30.3 Å². The van der Waals surface area contributed by atoms with Gasteiger partial charge in [-0.15, -0.1) is 0 Å². The average molecular weight is 352 g/mol. The molecule has 1 atom stereocenters. The number of carboxylic acid groups (broad SMARTS) is 1. The van der Waals surface area contributed by atoms with Crippen LogP contribution in [0.25, 0.3) is 0 Å². The number of rotatable bonds is 5. The van der Waals surface area contributed by atoms with Gasteiger partial charge in [0.1, 0.15) is 6.04 Å². The summed E-state index contributed by atoms with van der Waals surface area (Å²) in [5, 5.41) is 11.8. The Morgan fingerprint density at radius 3 is 2.62 bits per heavy atom. The third-order valence-corrected chi connectivity index (χ3v) is 4.38. The Labute approximate surface area is 151 Å². The quantitative estimate of drug-likeness (QED) is 0.864. The summed E-state index contributed by atoms with van der Waals surface area (Å²) >= 11 is 0. The Bertz CT molecular complexity index is 820. The zero-order valence-corrected chi connectivity index (χ0v) is 14.2. The number of carboxylic acids is 1. The number of anilines is 1. The third-order valence-electron chi connectivity index (χ3n) is 4.38. The highest BCUT2D eigenvalue weighted by Gasteiger charge is 2.30. The summed E-state index contributed by atoms with van der Waals surface area (Å²) in [5.74, 6) is -1.44. The van der Waals surface area contributed by atoms with E-state index in [9.17, 15) is 14.4 Å². The number of hydrogen-bond donors (Lipinski definition) is 2. The molecule has 0 spiro atoms. The summed E-state index contributed by atoms with van der Waals surface area (Å²) in [7, 11) is 0. The highest BCUT2D eigenvalue weighted by molar-refractivity contribution is 6.00. The predicted octanol–water partition coefficient (Wildman–Crippen LogP) is 2.24. The van der Waals surface area contributed by atoms with Crippen LogP contribution in [0.4, 0.5) is 5.69 Å². The number of benzene rings is 2. The van der Waals surface area contributed by atoms with E-state index in [0.717, 1.165) is 12.1 Å². The molecule has 1 aliphatic heterocycles. The second kappa shape index (κ2) is 7.82. The molecule has 1 heterocycles. The van der Waals surface area contributed by atoms with Gasteiger partial charge < -0.3 is 15.3 Å². The first-order valence-corrected chi connectivity index (χ1v) is 8.52. The van der Waals surface area contributed by atoms with E-state index in [4.69, 9.17) is 5.11 Å². The summed E-state index contributed by atoms with van der Waals surface area (Å²) < 4.78 is 0. The number of nitrogens with one attached hydrogen (secondary N) is 1. The zero-order valence-electron chi connectivity index (χ0n) is 14.2. The first-order chi connectivity index (χ1) is 12.5. The SMILES string of the molecule is O=C(Cc1cccc(C(=O)O)c1)NC1CCCN(c2ccccc2)C1=O. The molecule has 6 nitrogen and oxygen atoms in total. The van der Waals surface area contributed by atoms with Crippen LogP contribution in [-0.4, -0.2) is 35.5 Å². The van der Waals surface area contributed by atoms with Gasteiger partial charge >= 0.3 is 5.97 Å². The minimum atomic E-state index is -1.03. The lowest BCUT2D eigenvalue weighted by atomic mass is 10.0. The minimum absolute atomic E-state index is 0.0379. The zero-order chi connectivity index (χ0) is 18.5. The molecule has 2 N–H and O–H groups in total. The van der Waals surface area contributed by atoms with E-state index < -0.39 is 12.0 Å². The van der Waals surface area contributed by atoms with Crippen molar-refractivity contribution < 1.29 is 19.5 Å². The summed E-state index contributed by atoms with van der Waals surface area (Å²) in [6.07, 6.45) is 1.44. The molecule has 2 aromatic rings. The fourth-order valence-electron chi connectivity index (χ4n) is 3.12. The molecule has 2 aromatic carbocycles. The number of carbonyl (C=O) groups is 3. The maximum Gasteiger partial charge on any atom is 0.335 e. The van der Waals surface area contributed by atoms with Gasteiger partial charge in [0, 0.05) is 12.2 Å². The van der Waals surface area contributed by atoms with Crippen molar-refractivity contribution in [2.45, 2.75) is 25.3 Å². The van der Waals surface area contributed by atoms with Crippen molar-refractivity contribution in [2.75, 3.05) is 11.4 Å². The topological polar surface area (TPSA) is 86.7 Å². The van der Waals surface area contributed by atoms with Gasteiger partial charge in [-0.2, -0.15) is 0 Å². The summed E-state index contributed by atoms with van der Waals surface area (Å²) in [5.41, 5.74) is 1.57. The van der Waals surface area contributed by atoms with E-state index in [-0.39, 0.29) is 23.8 Å². The van der Waals surface area contributed by atoms with Gasteiger partial charge in [0.05, 0.1) is 12.0 Å². The van der Waals surface area contributed by atoms with Crippen LogP contribution in [0.5, 0.6) is 0 Å². The van der Waals surface area contributed by atoms with Crippen LogP contribution < -0.4 is 10.2 Å². The Morgan fingerprint density at radius 2 is 1.88 bits per heavy atom. The molecule has 134 valence electrons. The highest BCUT2D eigenvalue weighted by Crippen LogP contribution is 2.20. The molecule has 0 saturated carbocycles. The smallest absolute Gasteiger partial charge is 0.335 e. The number of hydrogen-bond acceptors (Lipinski definition) is 3. The number of nitrogens with zero attached hydrogens (tertiary/aromatic N) is 1. The third kappa shape index (κ3) is 4.08. The van der Waals surface area contributed by atoms with Crippen LogP contribution in [0.2, 0.25) is 0 Å². The van der Waals surface area contributed by atoms with Crippen molar-refractivity contribution in [2.24, 2.45) is 0 Å². The second-order valence-electron chi connectivity index (χ2n) is 6.27. The molecule has 2 amide bonds. The molecule has 26 heavy (non-hydrogen) atoms. The van der Waals surface area contributed by atoms with E-state index in [0.29, 0.717) is 18.5 Å². The van der Waals surface area contributed by atoms with Gasteiger partial charge in [0.25, 0.3) is 0 Å². The number of para-hydroxylation sites is 1.